The van der Waals surface area contributed by atoms with Gasteiger partial charge in [-0.1, -0.05) is 36.0 Å². The molecule has 0 saturated carbocycles. The molecule has 32 heavy (non-hydrogen) atoms. The fourth-order valence-corrected chi connectivity index (χ4v) is 4.35. The van der Waals surface area contributed by atoms with Crippen LogP contribution in [-0.4, -0.2) is 51.3 Å². The average molecular weight is 453 g/mol. The lowest BCUT2D eigenvalue weighted by molar-refractivity contribution is 0.122. The number of halogens is 1. The van der Waals surface area contributed by atoms with Crippen molar-refractivity contribution < 1.29 is 13.5 Å². The Balaban J connectivity index is 1.45. The molecule has 1 atom stereocenters. The van der Waals surface area contributed by atoms with E-state index in [2.05, 4.69) is 25.3 Å². The van der Waals surface area contributed by atoms with E-state index in [0.717, 1.165) is 5.56 Å². The van der Waals surface area contributed by atoms with Gasteiger partial charge in [0, 0.05) is 18.7 Å². The Hall–Kier alpha value is -3.24. The lowest BCUT2D eigenvalue weighted by Crippen LogP contribution is -2.37. The highest BCUT2D eigenvalue weighted by Gasteiger charge is 2.25. The summed E-state index contributed by atoms with van der Waals surface area (Å²) >= 11 is 1.43. The van der Waals surface area contributed by atoms with Crippen LogP contribution in [-0.2, 0) is 4.74 Å². The predicted molar refractivity (Wildman–Crippen MR) is 118 cm³/mol. The van der Waals surface area contributed by atoms with Gasteiger partial charge < -0.3 is 14.1 Å². The van der Waals surface area contributed by atoms with Crippen molar-refractivity contribution in [2.24, 2.45) is 0 Å². The zero-order valence-corrected chi connectivity index (χ0v) is 18.2. The summed E-state index contributed by atoms with van der Waals surface area (Å²) < 4.78 is 27.3. The summed E-state index contributed by atoms with van der Waals surface area (Å²) in [4.78, 5) is 2.09. The minimum absolute atomic E-state index is 0.186. The predicted octanol–water partition coefficient (Wildman–Crippen LogP) is 4.15. The van der Waals surface area contributed by atoms with Crippen LogP contribution in [0.1, 0.15) is 18.1 Å². The maximum absolute atomic E-state index is 14.0. The Morgan fingerprint density at radius 2 is 1.78 bits per heavy atom. The van der Waals surface area contributed by atoms with Gasteiger partial charge in [-0.05, 0) is 37.3 Å². The fraction of sp³-hybridized carbons (Fsp3) is 0.273. The Morgan fingerprint density at radius 3 is 2.56 bits per heavy atom. The van der Waals surface area contributed by atoms with Gasteiger partial charge in [-0.2, -0.15) is 0 Å². The molecule has 0 spiro atoms. The maximum Gasteiger partial charge on any atom is 0.247 e. The molecule has 2 aromatic carbocycles. The number of nitrogens with zero attached hydrogens (tertiary/aromatic N) is 6. The highest BCUT2D eigenvalue weighted by atomic mass is 32.2. The van der Waals surface area contributed by atoms with Gasteiger partial charge in [0.1, 0.15) is 5.82 Å². The van der Waals surface area contributed by atoms with E-state index in [0.29, 0.717) is 54.9 Å². The van der Waals surface area contributed by atoms with Crippen LogP contribution in [0.4, 0.5) is 10.3 Å². The summed E-state index contributed by atoms with van der Waals surface area (Å²) in [5.74, 6) is 1.28. The Bertz CT molecular complexity index is 1190. The summed E-state index contributed by atoms with van der Waals surface area (Å²) in [6.07, 6.45) is 0. The Labute approximate surface area is 188 Å². The zero-order chi connectivity index (χ0) is 21.9. The van der Waals surface area contributed by atoms with Crippen molar-refractivity contribution in [3.05, 3.63) is 66.3 Å². The summed E-state index contributed by atoms with van der Waals surface area (Å²) in [6.45, 7) is 4.57. The third kappa shape index (κ3) is 4.23. The number of benzene rings is 2. The molecule has 1 unspecified atom stereocenters. The lowest BCUT2D eigenvalue weighted by atomic mass is 10.2. The third-order valence-electron chi connectivity index (χ3n) is 5.07. The van der Waals surface area contributed by atoms with E-state index >= 15 is 0 Å². The van der Waals surface area contributed by atoms with Crippen LogP contribution >= 0.6 is 11.8 Å². The zero-order valence-electron chi connectivity index (χ0n) is 17.4. The molecule has 3 heterocycles. The quantitative estimate of drug-likeness (QED) is 0.404. The second-order valence-corrected chi connectivity index (χ2v) is 8.58. The second-order valence-electron chi connectivity index (χ2n) is 7.27. The van der Waals surface area contributed by atoms with E-state index in [-0.39, 0.29) is 11.1 Å². The smallest absolute Gasteiger partial charge is 0.247 e. The third-order valence-corrected chi connectivity index (χ3v) is 6.10. The number of aromatic nitrogens is 5. The summed E-state index contributed by atoms with van der Waals surface area (Å²) in [6, 6.07) is 16.0. The molecular weight excluding hydrogens is 431 g/mol. The number of rotatable bonds is 6. The number of hydrogen-bond donors (Lipinski definition) is 0. The van der Waals surface area contributed by atoms with E-state index in [1.807, 2.05) is 47.9 Å². The molecule has 2 aromatic heterocycles. The van der Waals surface area contributed by atoms with Crippen molar-refractivity contribution in [1.82, 2.24) is 25.0 Å². The van der Waals surface area contributed by atoms with Crippen LogP contribution in [0.3, 0.4) is 0 Å². The summed E-state index contributed by atoms with van der Waals surface area (Å²) in [5, 5.41) is 17.7. The molecule has 164 valence electrons. The van der Waals surface area contributed by atoms with Crippen molar-refractivity contribution in [1.29, 1.82) is 0 Å². The van der Waals surface area contributed by atoms with Crippen LogP contribution < -0.4 is 4.90 Å². The molecule has 0 N–H and O–H groups in total. The standard InChI is InChI=1S/C22H21FN6O2S/c1-15(19-24-25-20(31-19)16-6-3-2-4-7-16)32-22-27-26-21(28-10-12-30-13-11-28)29(22)18-9-5-8-17(23)14-18/h2-9,14-15H,10-13H2,1H3. The van der Waals surface area contributed by atoms with Gasteiger partial charge in [-0.15, -0.1) is 20.4 Å². The van der Waals surface area contributed by atoms with Gasteiger partial charge in [0.25, 0.3) is 0 Å². The van der Waals surface area contributed by atoms with Crippen LogP contribution in [0.5, 0.6) is 0 Å². The molecule has 8 nitrogen and oxygen atoms in total. The highest BCUT2D eigenvalue weighted by Crippen LogP contribution is 2.37. The average Bonchev–Trinajstić information content (AvgIpc) is 3.48. The first-order chi connectivity index (χ1) is 15.7. The Kier molecular flexibility index (Phi) is 5.87. The van der Waals surface area contributed by atoms with Crippen molar-refractivity contribution in [3.8, 4) is 17.1 Å². The SMILES string of the molecule is CC(Sc1nnc(N2CCOCC2)n1-c1cccc(F)c1)c1nnc(-c2ccccc2)o1. The van der Waals surface area contributed by atoms with Gasteiger partial charge in [0.05, 0.1) is 24.2 Å². The molecule has 4 aromatic rings. The van der Waals surface area contributed by atoms with Crippen molar-refractivity contribution in [2.45, 2.75) is 17.3 Å². The molecule has 1 aliphatic heterocycles. The molecule has 1 saturated heterocycles. The maximum atomic E-state index is 14.0. The summed E-state index contributed by atoms with van der Waals surface area (Å²) in [5.41, 5.74) is 1.52. The van der Waals surface area contributed by atoms with Gasteiger partial charge >= 0.3 is 0 Å². The van der Waals surface area contributed by atoms with E-state index in [4.69, 9.17) is 9.15 Å². The minimum Gasteiger partial charge on any atom is -0.419 e. The highest BCUT2D eigenvalue weighted by molar-refractivity contribution is 7.99. The first kappa shape index (κ1) is 20.7. The largest absolute Gasteiger partial charge is 0.419 e. The molecule has 0 aliphatic carbocycles. The fourth-order valence-electron chi connectivity index (χ4n) is 3.45. The number of ether oxygens (including phenoxy) is 1. The number of thioether (sulfide) groups is 1. The van der Waals surface area contributed by atoms with E-state index in [9.17, 15) is 4.39 Å². The molecular formula is C22H21FN6O2S. The number of anilines is 1. The molecule has 10 heteroatoms. The first-order valence-electron chi connectivity index (χ1n) is 10.3. The molecule has 0 bridgehead atoms. The van der Waals surface area contributed by atoms with Crippen LogP contribution in [0.15, 0.2) is 64.2 Å². The number of hydrogen-bond acceptors (Lipinski definition) is 8. The molecule has 0 amide bonds. The van der Waals surface area contributed by atoms with Gasteiger partial charge in [-0.25, -0.2) is 4.39 Å². The van der Waals surface area contributed by atoms with E-state index in [1.165, 1.54) is 23.9 Å². The second kappa shape index (κ2) is 9.09. The summed E-state index contributed by atoms with van der Waals surface area (Å²) in [7, 11) is 0. The van der Waals surface area contributed by atoms with Gasteiger partial charge in [0.15, 0.2) is 5.16 Å². The molecule has 1 aliphatic rings. The van der Waals surface area contributed by atoms with Crippen LogP contribution in [0.2, 0.25) is 0 Å². The van der Waals surface area contributed by atoms with Crippen molar-refractivity contribution >= 4 is 17.7 Å². The molecule has 1 fully saturated rings. The minimum atomic E-state index is -0.322. The van der Waals surface area contributed by atoms with E-state index in [1.54, 1.807) is 6.07 Å². The lowest BCUT2D eigenvalue weighted by Gasteiger charge is -2.28. The van der Waals surface area contributed by atoms with Crippen molar-refractivity contribution in [3.63, 3.8) is 0 Å². The van der Waals surface area contributed by atoms with Gasteiger partial charge in [-0.3, -0.25) is 4.57 Å². The first-order valence-corrected chi connectivity index (χ1v) is 11.2. The normalized spacial score (nSPS) is 15.1. The molecule has 0 radical (unpaired) electrons. The monoisotopic (exact) mass is 452 g/mol. The molecule has 5 rings (SSSR count). The number of morpholine rings is 1. The van der Waals surface area contributed by atoms with E-state index < -0.39 is 0 Å². The Morgan fingerprint density at radius 1 is 0.969 bits per heavy atom. The van der Waals surface area contributed by atoms with Crippen LogP contribution in [0.25, 0.3) is 17.1 Å². The van der Waals surface area contributed by atoms with Crippen molar-refractivity contribution in [2.75, 3.05) is 31.2 Å². The van der Waals surface area contributed by atoms with Crippen LogP contribution in [0, 0.1) is 5.82 Å². The topological polar surface area (TPSA) is 82.1 Å². The van der Waals surface area contributed by atoms with Gasteiger partial charge in [0.2, 0.25) is 17.7 Å².